The SMILES string of the molecule is C=C(C)C(=O)CC1CCSC1=O.C=CC(=O)CCCC(C)CSC(C)=O.C=CC(=O)CCCCSC(C)=O.C=CC(=O)CCCSC(C)=O.CC(=O)SCC(C)CCCC(=O)/C=C\C(=O)O.CC(=O)SCCCC(=O)/C=C\C(=O)O.CC(=O)SCCCCC(=O)/C=C\C(=O)O.CC(=O)SCCCCCCCCCC(=O)/C=C\C(=O)O.O=C(O)/C=C\C(=O)CC1CCSC1=O.O=C=O.O=C=O.O=C=O. The van der Waals surface area contributed by atoms with Gasteiger partial charge in [-0.05, 0) is 163 Å². The standard InChI is InChI=1S/C15H24O4S.C12H18O4S.C11H18O2S.C10H14O4S.C9H10O4S.C9H12O4S.C9H12O2S.C9H14O2S.C8H12O2S.3CO2/c1-13(16)20-12-8-6-4-2-3-5-7-9-14(17)10-11-15(18)19;1-9(8-17-10(2)13)4-3-5-11(14)6-7-12(15)16;1-4-11(13)7-5-6-9(2)8-14-10(3)12;1-8(11)15-7-3-2-4-9(12)5-6-10(13)14;10-7(1-2-8(11)12)5-6-3-4-14-9(6)13;1-7(10)14-6-2-3-8(11)4-5-9(12)13;1-6(2)8(10)5-7-3-4-12-9(7)11;1-3-9(11)6-4-5-7-12-8(2)10;1-3-8(10)5-4-6-11-7(2)9;3*2-1-3/h10-11H,2-9,12H2,1H3,(H,18,19);6-7,9H,3-5,8H2,1-2H3,(H,15,16);4,9H,1,5-8H2,2-3H3;5-6H,2-4,7H2,1H3,(H,13,14);1-2,6H,3-5H2,(H,11,12);4-5H,2-3,6H2,1H3,(H,12,13);7H,1,3-5H2,2H3;3H,1,4-7H2,2H3;3H,1,4-6H2,2H3;;;/b11-10-;7-6-;;6-5-;2-1-;5-4-;;;;;;. The molecular weight excluding hydrogens is 1970 g/mol. The molecule has 4 atom stereocenters. The van der Waals surface area contributed by atoms with Crippen LogP contribution in [0.3, 0.4) is 0 Å². The monoisotopic (exact) mass is 2110 g/mol. The summed E-state index contributed by atoms with van der Waals surface area (Å²) in [5, 5.41) is 42.5. The van der Waals surface area contributed by atoms with Crippen molar-refractivity contribution < 1.29 is 165 Å². The number of allylic oxidation sites excluding steroid dienone is 9. The molecule has 2 aliphatic heterocycles. The molecule has 2 rings (SSSR count). The lowest BCUT2D eigenvalue weighted by molar-refractivity contribution is -0.193. The number of hydrogen-bond donors (Lipinski definition) is 5. The number of thioether (sulfide) groups is 9. The van der Waals surface area contributed by atoms with Crippen molar-refractivity contribution in [3.63, 3.8) is 0 Å². The molecule has 2 saturated heterocycles. The minimum atomic E-state index is -1.15. The molecule has 0 spiro atoms. The van der Waals surface area contributed by atoms with Crippen molar-refractivity contribution in [2.75, 3.05) is 51.8 Å². The fourth-order valence-corrected chi connectivity index (χ4v) is 15.7. The molecule has 0 aromatic carbocycles. The van der Waals surface area contributed by atoms with Gasteiger partial charge in [-0.3, -0.25) is 86.3 Å². The molecule has 0 aromatic rings. The zero-order valence-corrected chi connectivity index (χ0v) is 87.4. The summed E-state index contributed by atoms with van der Waals surface area (Å²) in [6.07, 6.45) is 35.0. The second kappa shape index (κ2) is 109. The van der Waals surface area contributed by atoms with E-state index in [1.165, 1.54) is 158 Å². The topological polar surface area (TPSA) is 596 Å². The quantitative estimate of drug-likeness (QED) is 0.0279. The van der Waals surface area contributed by atoms with E-state index in [0.29, 0.717) is 86.7 Å². The van der Waals surface area contributed by atoms with Gasteiger partial charge in [-0.15, -0.1) is 0 Å². The highest BCUT2D eigenvalue weighted by molar-refractivity contribution is 8.15. The Bertz CT molecular complexity index is 4030. The predicted octanol–water partition coefficient (Wildman–Crippen LogP) is 16.5. The summed E-state index contributed by atoms with van der Waals surface area (Å²) in [6, 6.07) is 0. The Balaban J connectivity index is -0.000000166. The lowest BCUT2D eigenvalue weighted by Crippen LogP contribution is -2.11. The number of Topliss-reactive ketones (excluding diaryl/α,β-unsaturated/α-hetero) is 1. The zero-order valence-electron chi connectivity index (χ0n) is 80.1. The van der Waals surface area contributed by atoms with Gasteiger partial charge in [0.05, 0.1) is 0 Å². The Morgan fingerprint density at radius 2 is 0.522 bits per heavy atom. The first-order valence-electron chi connectivity index (χ1n) is 42.9. The Hall–Kier alpha value is -9.64. The van der Waals surface area contributed by atoms with Crippen molar-refractivity contribution >= 4 is 252 Å². The van der Waals surface area contributed by atoms with E-state index in [2.05, 4.69) is 33.2 Å². The second-order valence-corrected chi connectivity index (χ2v) is 39.5. The Labute approximate surface area is 846 Å². The van der Waals surface area contributed by atoms with Crippen molar-refractivity contribution in [1.29, 1.82) is 0 Å². The van der Waals surface area contributed by atoms with E-state index in [4.69, 9.17) is 54.3 Å². The van der Waals surface area contributed by atoms with Gasteiger partial charge in [0.25, 0.3) is 0 Å². The van der Waals surface area contributed by atoms with E-state index < -0.39 is 29.8 Å². The van der Waals surface area contributed by atoms with Crippen LogP contribution in [-0.4, -0.2) is 224 Å². The summed E-state index contributed by atoms with van der Waals surface area (Å²) in [5.41, 5.74) is 0.555. The summed E-state index contributed by atoms with van der Waals surface area (Å²) < 4.78 is 0. The molecule has 2 heterocycles. The molecule has 0 radical (unpaired) electrons. The van der Waals surface area contributed by atoms with Crippen molar-refractivity contribution in [1.82, 2.24) is 0 Å². The third kappa shape index (κ3) is 142. The molecule has 0 amide bonds. The van der Waals surface area contributed by atoms with Crippen LogP contribution in [0.15, 0.2) is 111 Å². The molecule has 138 heavy (non-hydrogen) atoms. The Kier molecular flexibility index (Phi) is 118. The van der Waals surface area contributed by atoms with Crippen molar-refractivity contribution in [3.05, 3.63) is 111 Å². The molecule has 5 N–H and O–H groups in total. The minimum Gasteiger partial charge on any atom is -0.478 e. The van der Waals surface area contributed by atoms with Crippen LogP contribution in [0.5, 0.6) is 0 Å². The van der Waals surface area contributed by atoms with E-state index >= 15 is 0 Å². The highest BCUT2D eigenvalue weighted by Gasteiger charge is 2.28. The molecule has 4 unspecified atom stereocenters. The van der Waals surface area contributed by atoms with Crippen LogP contribution in [0, 0.1) is 23.7 Å². The van der Waals surface area contributed by atoms with Crippen LogP contribution in [0.2, 0.25) is 0 Å². The summed E-state index contributed by atoms with van der Waals surface area (Å²) in [4.78, 5) is 295. The van der Waals surface area contributed by atoms with Crippen molar-refractivity contribution in [2.45, 2.75) is 249 Å². The summed E-state index contributed by atoms with van der Waals surface area (Å²) in [7, 11) is 0. The number of carboxylic acids is 5. The van der Waals surface area contributed by atoms with Crippen LogP contribution in [-0.2, 0) is 139 Å². The lowest BCUT2D eigenvalue weighted by atomic mass is 9.99. The number of carbonyl (C=O) groups excluding carboxylic acids is 24. The number of aliphatic carboxylic acids is 5. The van der Waals surface area contributed by atoms with Crippen LogP contribution < -0.4 is 0 Å². The lowest BCUT2D eigenvalue weighted by Gasteiger charge is -2.08. The van der Waals surface area contributed by atoms with Gasteiger partial charge in [0.2, 0.25) is 0 Å². The molecule has 772 valence electrons. The molecule has 0 saturated carbocycles. The largest absolute Gasteiger partial charge is 0.478 e. The number of carbonyl (C=O) groups is 23. The maximum Gasteiger partial charge on any atom is 0.373 e. The van der Waals surface area contributed by atoms with E-state index in [-0.39, 0.29) is 141 Å². The van der Waals surface area contributed by atoms with Gasteiger partial charge in [0.15, 0.2) is 98.1 Å². The molecule has 0 aromatic heterocycles. The third-order valence-corrected chi connectivity index (χ3v) is 24.8. The minimum absolute atomic E-state index is 0.0239. The van der Waals surface area contributed by atoms with Crippen LogP contribution >= 0.6 is 106 Å². The molecule has 2 fully saturated rings. The third-order valence-electron chi connectivity index (χ3n) is 15.9. The van der Waals surface area contributed by atoms with Crippen LogP contribution in [0.4, 0.5) is 0 Å². The first-order chi connectivity index (χ1) is 64.8. The van der Waals surface area contributed by atoms with Gasteiger partial charge in [-0.2, -0.15) is 28.8 Å². The average molecular weight is 2110 g/mol. The van der Waals surface area contributed by atoms with Crippen molar-refractivity contribution in [2.24, 2.45) is 23.7 Å². The predicted molar refractivity (Wildman–Crippen MR) is 541 cm³/mol. The van der Waals surface area contributed by atoms with Gasteiger partial charge in [0, 0.05) is 200 Å². The molecule has 2 aliphatic rings. The molecular formula is C95H134O34S9. The zero-order chi connectivity index (χ0) is 108. The van der Waals surface area contributed by atoms with Crippen molar-refractivity contribution in [3.8, 4) is 0 Å². The van der Waals surface area contributed by atoms with Gasteiger partial charge in [-0.25, -0.2) is 24.0 Å². The number of unbranched alkanes of at least 4 members (excludes halogenated alkanes) is 8. The average Bonchev–Trinajstić information content (AvgIpc) is 1.77. The number of ketones is 9. The Morgan fingerprint density at radius 1 is 0.312 bits per heavy atom. The van der Waals surface area contributed by atoms with Gasteiger partial charge in [0.1, 0.15) is 0 Å². The molecule has 0 bridgehead atoms. The summed E-state index contributed by atoms with van der Waals surface area (Å²) >= 11 is 11.6. The molecule has 34 nitrogen and oxygen atoms in total. The first kappa shape index (κ1) is 149. The first-order valence-corrected chi connectivity index (χ1v) is 51.8. The second-order valence-electron chi connectivity index (χ2n) is 28.5. The number of hydrogen-bond acceptors (Lipinski definition) is 38. The molecule has 0 aliphatic carbocycles. The molecule has 43 heteroatoms. The number of rotatable bonds is 58. The maximum atomic E-state index is 11.2. The Morgan fingerprint density at radius 3 is 0.775 bits per heavy atom. The van der Waals surface area contributed by atoms with Gasteiger partial charge < -0.3 is 25.5 Å². The van der Waals surface area contributed by atoms with Crippen LogP contribution in [0.25, 0.3) is 0 Å². The summed E-state index contributed by atoms with van der Waals surface area (Å²) in [6.45, 7) is 30.3. The van der Waals surface area contributed by atoms with Crippen LogP contribution in [0.1, 0.15) is 249 Å². The highest BCUT2D eigenvalue weighted by Crippen LogP contribution is 2.30. The van der Waals surface area contributed by atoms with E-state index in [0.717, 1.165) is 204 Å². The van der Waals surface area contributed by atoms with E-state index in [9.17, 15) is 110 Å². The van der Waals surface area contributed by atoms with E-state index in [1.807, 2.05) is 6.92 Å². The summed E-state index contributed by atoms with van der Waals surface area (Å²) in [5.74, 6) is 1.36. The van der Waals surface area contributed by atoms with Gasteiger partial charge in [-0.1, -0.05) is 178 Å². The fraction of sp³-hybridized carbons (Fsp3) is 0.537. The smallest absolute Gasteiger partial charge is 0.373 e. The highest BCUT2D eigenvalue weighted by atomic mass is 32.2. The van der Waals surface area contributed by atoms with E-state index in [1.54, 1.807) is 27.7 Å². The fourth-order valence-electron chi connectivity index (χ4n) is 9.21. The maximum absolute atomic E-state index is 11.2. The number of carboxylic acid groups (broad SMARTS) is 5. The normalized spacial score (nSPS) is 12.4. The van der Waals surface area contributed by atoms with Gasteiger partial charge >= 0.3 is 48.3 Å².